The van der Waals surface area contributed by atoms with Crippen LogP contribution < -0.4 is 5.32 Å². The number of carbonyl (C=O) groups excluding carboxylic acids is 2. The number of hydrogen-bond donors (Lipinski definition) is 1. The van der Waals surface area contributed by atoms with Crippen LogP contribution in [0.3, 0.4) is 0 Å². The van der Waals surface area contributed by atoms with Crippen LogP contribution in [-0.4, -0.2) is 59.9 Å². The highest BCUT2D eigenvalue weighted by molar-refractivity contribution is 5.89. The van der Waals surface area contributed by atoms with Crippen molar-refractivity contribution in [1.82, 2.24) is 15.1 Å². The lowest BCUT2D eigenvalue weighted by Crippen LogP contribution is -2.49. The molecule has 2 amide bonds. The van der Waals surface area contributed by atoms with Crippen LogP contribution in [0.25, 0.3) is 0 Å². The van der Waals surface area contributed by atoms with Crippen molar-refractivity contribution in [2.45, 2.75) is 76.8 Å². The Bertz CT molecular complexity index is 448. The van der Waals surface area contributed by atoms with Gasteiger partial charge in [0.2, 0.25) is 11.8 Å². The average Bonchev–Trinajstić information content (AvgIpc) is 3.27. The van der Waals surface area contributed by atoms with E-state index in [0.29, 0.717) is 12.6 Å². The fraction of sp³-hybridized carbons (Fsp3) is 0.895. The summed E-state index contributed by atoms with van der Waals surface area (Å²) in [4.78, 5) is 29.6. The van der Waals surface area contributed by atoms with Gasteiger partial charge in [0.1, 0.15) is 6.04 Å². The Kier molecular flexibility index (Phi) is 6.14. The third-order valence-electron chi connectivity index (χ3n) is 6.18. The van der Waals surface area contributed by atoms with Crippen molar-refractivity contribution >= 4 is 11.8 Å². The molecule has 1 saturated carbocycles. The molecule has 1 N–H and O–H groups in total. The number of piperidine rings is 1. The molecule has 2 unspecified atom stereocenters. The lowest BCUT2D eigenvalue weighted by Gasteiger charge is -2.33. The van der Waals surface area contributed by atoms with Gasteiger partial charge in [-0.25, -0.2) is 0 Å². The largest absolute Gasteiger partial charge is 0.353 e. The molecule has 3 aliphatic rings. The van der Waals surface area contributed by atoms with Crippen molar-refractivity contribution < 1.29 is 9.59 Å². The third-order valence-corrected chi connectivity index (χ3v) is 6.18. The molecule has 0 spiro atoms. The Morgan fingerprint density at radius 2 is 1.71 bits per heavy atom. The van der Waals surface area contributed by atoms with Gasteiger partial charge in [0.15, 0.2) is 0 Å². The first-order valence-electron chi connectivity index (χ1n) is 9.99. The molecule has 0 aromatic carbocycles. The summed E-state index contributed by atoms with van der Waals surface area (Å²) in [6.45, 7) is 5.81. The van der Waals surface area contributed by atoms with Gasteiger partial charge in [-0.15, -0.1) is 0 Å². The van der Waals surface area contributed by atoms with E-state index in [1.54, 1.807) is 0 Å². The highest BCUT2D eigenvalue weighted by Crippen LogP contribution is 2.29. The van der Waals surface area contributed by atoms with Crippen LogP contribution in [0.5, 0.6) is 0 Å². The van der Waals surface area contributed by atoms with Crippen LogP contribution in [-0.2, 0) is 9.59 Å². The Morgan fingerprint density at radius 3 is 2.46 bits per heavy atom. The van der Waals surface area contributed by atoms with Crippen molar-refractivity contribution in [2.75, 3.05) is 26.2 Å². The summed E-state index contributed by atoms with van der Waals surface area (Å²) in [6, 6.07) is 0.402. The van der Waals surface area contributed by atoms with E-state index in [0.717, 1.165) is 58.2 Å². The number of carbonyl (C=O) groups is 2. The van der Waals surface area contributed by atoms with E-state index in [4.69, 9.17) is 0 Å². The number of rotatable bonds is 5. The normalized spacial score (nSPS) is 29.1. The summed E-state index contributed by atoms with van der Waals surface area (Å²) in [5, 5.41) is 3.09. The number of nitrogens with zero attached hydrogens (tertiary/aromatic N) is 2. The second kappa shape index (κ2) is 8.32. The summed E-state index contributed by atoms with van der Waals surface area (Å²) in [5.74, 6) is 0.464. The summed E-state index contributed by atoms with van der Waals surface area (Å²) < 4.78 is 0. The van der Waals surface area contributed by atoms with E-state index in [9.17, 15) is 9.59 Å². The fourth-order valence-electron chi connectivity index (χ4n) is 4.64. The first-order valence-corrected chi connectivity index (χ1v) is 9.99. The maximum Gasteiger partial charge on any atom is 0.242 e. The molecule has 2 heterocycles. The van der Waals surface area contributed by atoms with E-state index in [2.05, 4.69) is 17.1 Å². The van der Waals surface area contributed by atoms with Gasteiger partial charge in [0.25, 0.3) is 0 Å². The van der Waals surface area contributed by atoms with Crippen molar-refractivity contribution in [2.24, 2.45) is 5.92 Å². The number of nitrogens with one attached hydrogen (secondary N) is 1. The Balaban J connectivity index is 1.45. The predicted molar refractivity (Wildman–Crippen MR) is 94.6 cm³/mol. The molecule has 0 aromatic heterocycles. The quantitative estimate of drug-likeness (QED) is 0.838. The molecule has 24 heavy (non-hydrogen) atoms. The summed E-state index contributed by atoms with van der Waals surface area (Å²) in [7, 11) is 0. The van der Waals surface area contributed by atoms with Crippen molar-refractivity contribution in [3.8, 4) is 0 Å². The maximum absolute atomic E-state index is 12.7. The zero-order valence-electron chi connectivity index (χ0n) is 15.1. The van der Waals surface area contributed by atoms with Crippen LogP contribution in [0.4, 0.5) is 0 Å². The van der Waals surface area contributed by atoms with Gasteiger partial charge < -0.3 is 10.2 Å². The zero-order valence-corrected chi connectivity index (χ0v) is 15.1. The molecule has 2 atom stereocenters. The highest BCUT2D eigenvalue weighted by Gasteiger charge is 2.37. The van der Waals surface area contributed by atoms with Gasteiger partial charge in [-0.05, 0) is 52.0 Å². The molecule has 0 bridgehead atoms. The predicted octanol–water partition coefficient (Wildman–Crippen LogP) is 2.16. The molecule has 0 radical (unpaired) electrons. The Labute approximate surface area is 146 Å². The minimum atomic E-state index is -0.225. The molecule has 5 nitrogen and oxygen atoms in total. The van der Waals surface area contributed by atoms with Crippen molar-refractivity contribution in [3.05, 3.63) is 0 Å². The summed E-state index contributed by atoms with van der Waals surface area (Å²) in [5.41, 5.74) is 0. The first-order chi connectivity index (χ1) is 11.7. The van der Waals surface area contributed by atoms with Crippen LogP contribution in [0, 0.1) is 5.92 Å². The maximum atomic E-state index is 12.7. The van der Waals surface area contributed by atoms with Crippen LogP contribution >= 0.6 is 0 Å². The standard InChI is InChI=1S/C19H33N3O2/c1-15-7-4-5-12-21(15)14-11-20-18(23)17-10-6-13-22(17)19(24)16-8-2-3-9-16/h15-17H,2-14H2,1H3,(H,20,23). The third kappa shape index (κ3) is 4.11. The minimum Gasteiger partial charge on any atom is -0.353 e. The van der Waals surface area contributed by atoms with Gasteiger partial charge in [-0.2, -0.15) is 0 Å². The van der Waals surface area contributed by atoms with Crippen LogP contribution in [0.2, 0.25) is 0 Å². The van der Waals surface area contributed by atoms with Crippen LogP contribution in [0.1, 0.15) is 64.7 Å². The van der Waals surface area contributed by atoms with E-state index in [1.165, 1.54) is 19.3 Å². The second-order valence-electron chi connectivity index (χ2n) is 7.84. The average molecular weight is 335 g/mol. The monoisotopic (exact) mass is 335 g/mol. The fourth-order valence-corrected chi connectivity index (χ4v) is 4.64. The minimum absolute atomic E-state index is 0.0588. The molecule has 2 saturated heterocycles. The SMILES string of the molecule is CC1CCCCN1CCNC(=O)C1CCCN1C(=O)C1CCCC1. The molecule has 1 aliphatic carbocycles. The molecule has 136 valence electrons. The number of hydrogen-bond acceptors (Lipinski definition) is 3. The molecular weight excluding hydrogens is 302 g/mol. The Hall–Kier alpha value is -1.10. The number of amides is 2. The molecule has 5 heteroatoms. The molecule has 2 aliphatic heterocycles. The lowest BCUT2D eigenvalue weighted by atomic mass is 10.0. The second-order valence-corrected chi connectivity index (χ2v) is 7.84. The highest BCUT2D eigenvalue weighted by atomic mass is 16.2. The van der Waals surface area contributed by atoms with E-state index in [-0.39, 0.29) is 23.8 Å². The van der Waals surface area contributed by atoms with E-state index < -0.39 is 0 Å². The van der Waals surface area contributed by atoms with Gasteiger partial charge in [-0.3, -0.25) is 14.5 Å². The smallest absolute Gasteiger partial charge is 0.242 e. The van der Waals surface area contributed by atoms with Crippen molar-refractivity contribution in [3.63, 3.8) is 0 Å². The topological polar surface area (TPSA) is 52.7 Å². The lowest BCUT2D eigenvalue weighted by molar-refractivity contribution is -0.141. The molecular formula is C19H33N3O2. The van der Waals surface area contributed by atoms with Crippen molar-refractivity contribution in [1.29, 1.82) is 0 Å². The zero-order chi connectivity index (χ0) is 16.9. The van der Waals surface area contributed by atoms with Gasteiger partial charge in [0, 0.05) is 31.6 Å². The molecule has 3 fully saturated rings. The Morgan fingerprint density at radius 1 is 0.958 bits per heavy atom. The number of likely N-dealkylation sites (tertiary alicyclic amines) is 2. The van der Waals surface area contributed by atoms with Gasteiger partial charge in [0.05, 0.1) is 0 Å². The van der Waals surface area contributed by atoms with Crippen LogP contribution in [0.15, 0.2) is 0 Å². The summed E-state index contributed by atoms with van der Waals surface area (Å²) in [6.07, 6.45) is 9.98. The molecule has 3 rings (SSSR count). The first kappa shape index (κ1) is 17.7. The summed E-state index contributed by atoms with van der Waals surface area (Å²) >= 11 is 0. The van der Waals surface area contributed by atoms with E-state index >= 15 is 0 Å². The van der Waals surface area contributed by atoms with Gasteiger partial charge in [-0.1, -0.05) is 19.3 Å². The van der Waals surface area contributed by atoms with E-state index in [1.807, 2.05) is 4.90 Å². The van der Waals surface area contributed by atoms with Gasteiger partial charge >= 0.3 is 0 Å². The molecule has 0 aromatic rings.